The summed E-state index contributed by atoms with van der Waals surface area (Å²) in [7, 11) is 6.46. The van der Waals surface area contributed by atoms with Gasteiger partial charge in [0.1, 0.15) is 17.6 Å². The van der Waals surface area contributed by atoms with Crippen molar-refractivity contribution in [3.63, 3.8) is 0 Å². The Hall–Kier alpha value is -2.21. The summed E-state index contributed by atoms with van der Waals surface area (Å²) < 4.78 is 17.4. The van der Waals surface area contributed by atoms with Crippen LogP contribution in [0.3, 0.4) is 0 Å². The van der Waals surface area contributed by atoms with Crippen molar-refractivity contribution in [3.8, 4) is 17.4 Å². The first-order chi connectivity index (χ1) is 10.0. The second-order valence-corrected chi connectivity index (χ2v) is 4.64. The van der Waals surface area contributed by atoms with Crippen LogP contribution in [-0.2, 0) is 7.05 Å². The molecule has 0 aliphatic heterocycles. The molecule has 1 atom stereocenters. The van der Waals surface area contributed by atoms with E-state index >= 15 is 0 Å². The fraction of sp³-hybridized carbons (Fsp3) is 0.400. The third-order valence-electron chi connectivity index (χ3n) is 3.42. The van der Waals surface area contributed by atoms with Crippen molar-refractivity contribution in [1.82, 2.24) is 9.78 Å². The van der Waals surface area contributed by atoms with Gasteiger partial charge < -0.3 is 19.3 Å². The number of aromatic nitrogens is 2. The number of hydrogen-bond donors (Lipinski definition) is 1. The molecule has 2 rings (SSSR count). The zero-order valence-electron chi connectivity index (χ0n) is 12.9. The molecule has 1 unspecified atom stereocenters. The summed E-state index contributed by atoms with van der Waals surface area (Å²) >= 11 is 0. The molecule has 0 amide bonds. The number of ether oxygens (including phenoxy) is 3. The molecular formula is C15H20N2O4. The van der Waals surface area contributed by atoms with Gasteiger partial charge in [0, 0.05) is 18.7 Å². The van der Waals surface area contributed by atoms with E-state index in [9.17, 15) is 5.11 Å². The highest BCUT2D eigenvalue weighted by Gasteiger charge is 2.25. The van der Waals surface area contributed by atoms with Gasteiger partial charge in [0.05, 0.1) is 32.6 Å². The molecule has 0 radical (unpaired) electrons. The van der Waals surface area contributed by atoms with Crippen LogP contribution in [-0.4, -0.2) is 36.2 Å². The van der Waals surface area contributed by atoms with Crippen LogP contribution < -0.4 is 14.2 Å². The van der Waals surface area contributed by atoms with Crippen molar-refractivity contribution in [1.29, 1.82) is 0 Å². The van der Waals surface area contributed by atoms with E-state index in [0.29, 0.717) is 34.2 Å². The minimum Gasteiger partial charge on any atom is -0.497 e. The monoisotopic (exact) mass is 292 g/mol. The summed E-state index contributed by atoms with van der Waals surface area (Å²) in [5, 5.41) is 15.0. The lowest BCUT2D eigenvalue weighted by atomic mass is 10.0. The molecule has 1 N–H and O–H groups in total. The molecule has 1 heterocycles. The van der Waals surface area contributed by atoms with Crippen LogP contribution in [0.4, 0.5) is 0 Å². The van der Waals surface area contributed by atoms with Crippen molar-refractivity contribution in [3.05, 3.63) is 35.0 Å². The number of aryl methyl sites for hydroxylation is 2. The number of nitrogens with zero attached hydrogens (tertiary/aromatic N) is 2. The van der Waals surface area contributed by atoms with E-state index in [1.165, 1.54) is 0 Å². The fourth-order valence-corrected chi connectivity index (χ4v) is 2.41. The van der Waals surface area contributed by atoms with E-state index < -0.39 is 6.10 Å². The highest BCUT2D eigenvalue weighted by Crippen LogP contribution is 2.37. The lowest BCUT2D eigenvalue weighted by molar-refractivity contribution is 0.207. The molecule has 0 aliphatic carbocycles. The second-order valence-electron chi connectivity index (χ2n) is 4.64. The predicted octanol–water partition coefficient (Wildman–Crippen LogP) is 1.84. The Labute approximate surface area is 123 Å². The summed E-state index contributed by atoms with van der Waals surface area (Å²) in [5.74, 6) is 1.74. The van der Waals surface area contributed by atoms with E-state index in [1.54, 1.807) is 51.3 Å². The zero-order chi connectivity index (χ0) is 15.6. The minimum absolute atomic E-state index is 0.526. The van der Waals surface area contributed by atoms with Gasteiger partial charge >= 0.3 is 0 Å². The Morgan fingerprint density at radius 1 is 1.14 bits per heavy atom. The summed E-state index contributed by atoms with van der Waals surface area (Å²) in [5.41, 5.74) is 1.97. The molecule has 0 saturated carbocycles. The molecule has 6 heteroatoms. The lowest BCUT2D eigenvalue weighted by Crippen LogP contribution is -2.05. The third-order valence-corrected chi connectivity index (χ3v) is 3.42. The molecule has 1 aromatic carbocycles. The summed E-state index contributed by atoms with van der Waals surface area (Å²) in [4.78, 5) is 0. The maximum absolute atomic E-state index is 10.7. The highest BCUT2D eigenvalue weighted by molar-refractivity contribution is 5.48. The van der Waals surface area contributed by atoms with Crippen LogP contribution in [0.15, 0.2) is 18.2 Å². The van der Waals surface area contributed by atoms with Crippen molar-refractivity contribution >= 4 is 0 Å². The third kappa shape index (κ3) is 2.67. The van der Waals surface area contributed by atoms with Gasteiger partial charge in [-0.3, -0.25) is 0 Å². The topological polar surface area (TPSA) is 65.7 Å². The molecule has 1 aromatic heterocycles. The van der Waals surface area contributed by atoms with Gasteiger partial charge in [0.2, 0.25) is 5.88 Å². The van der Waals surface area contributed by atoms with Gasteiger partial charge in [-0.2, -0.15) is 5.10 Å². The van der Waals surface area contributed by atoms with Gasteiger partial charge in [-0.1, -0.05) is 0 Å². The Bertz CT molecular complexity index is 637. The molecule has 0 saturated heterocycles. The van der Waals surface area contributed by atoms with Crippen LogP contribution in [0.5, 0.6) is 17.4 Å². The average Bonchev–Trinajstić information content (AvgIpc) is 2.79. The molecule has 21 heavy (non-hydrogen) atoms. The van der Waals surface area contributed by atoms with Crippen molar-refractivity contribution in [2.45, 2.75) is 13.0 Å². The SMILES string of the molecule is COc1ccc(C(O)c2c(C)nn(C)c2OC)c(OC)c1. The first-order valence-electron chi connectivity index (χ1n) is 6.51. The zero-order valence-corrected chi connectivity index (χ0v) is 12.9. The van der Waals surface area contributed by atoms with E-state index in [0.717, 1.165) is 0 Å². The minimum atomic E-state index is -0.894. The van der Waals surface area contributed by atoms with E-state index in [-0.39, 0.29) is 0 Å². The number of aliphatic hydroxyl groups is 1. The molecule has 6 nitrogen and oxygen atoms in total. The number of rotatable bonds is 5. The van der Waals surface area contributed by atoms with Crippen molar-refractivity contribution < 1.29 is 19.3 Å². The fourth-order valence-electron chi connectivity index (χ4n) is 2.41. The van der Waals surface area contributed by atoms with Gasteiger partial charge in [0.15, 0.2) is 0 Å². The van der Waals surface area contributed by atoms with Gasteiger partial charge in [-0.15, -0.1) is 0 Å². The molecule has 0 fully saturated rings. The summed E-state index contributed by atoms with van der Waals surface area (Å²) in [6.07, 6.45) is -0.894. The first-order valence-corrected chi connectivity index (χ1v) is 6.51. The number of methoxy groups -OCH3 is 3. The Balaban J connectivity index is 2.52. The second kappa shape index (κ2) is 6.05. The van der Waals surface area contributed by atoms with Gasteiger partial charge in [-0.05, 0) is 19.1 Å². The summed E-state index contributed by atoms with van der Waals surface area (Å²) in [6.45, 7) is 1.83. The number of aliphatic hydroxyl groups excluding tert-OH is 1. The van der Waals surface area contributed by atoms with E-state index in [4.69, 9.17) is 14.2 Å². The largest absolute Gasteiger partial charge is 0.497 e. The number of benzene rings is 1. The van der Waals surface area contributed by atoms with Gasteiger partial charge in [0.25, 0.3) is 0 Å². The van der Waals surface area contributed by atoms with E-state index in [1.807, 2.05) is 6.92 Å². The van der Waals surface area contributed by atoms with E-state index in [2.05, 4.69) is 5.10 Å². The predicted molar refractivity (Wildman–Crippen MR) is 78.1 cm³/mol. The molecule has 114 valence electrons. The molecule has 2 aromatic rings. The highest BCUT2D eigenvalue weighted by atomic mass is 16.5. The Morgan fingerprint density at radius 2 is 1.86 bits per heavy atom. The molecule has 0 spiro atoms. The van der Waals surface area contributed by atoms with Crippen LogP contribution in [0, 0.1) is 6.92 Å². The quantitative estimate of drug-likeness (QED) is 0.911. The maximum atomic E-state index is 10.7. The van der Waals surface area contributed by atoms with Crippen LogP contribution in [0.25, 0.3) is 0 Å². The normalized spacial score (nSPS) is 12.1. The lowest BCUT2D eigenvalue weighted by Gasteiger charge is -2.16. The van der Waals surface area contributed by atoms with Crippen LogP contribution >= 0.6 is 0 Å². The van der Waals surface area contributed by atoms with Crippen molar-refractivity contribution in [2.75, 3.05) is 21.3 Å². The van der Waals surface area contributed by atoms with Crippen molar-refractivity contribution in [2.24, 2.45) is 7.05 Å². The first kappa shape index (κ1) is 15.2. The average molecular weight is 292 g/mol. The molecule has 0 aliphatic rings. The maximum Gasteiger partial charge on any atom is 0.217 e. The standard InChI is InChI=1S/C15H20N2O4/c1-9-13(15(21-5)17(2)16-9)14(18)11-7-6-10(19-3)8-12(11)20-4/h6-8,14,18H,1-5H3. The Kier molecular flexibility index (Phi) is 4.37. The number of hydrogen-bond acceptors (Lipinski definition) is 5. The molecule has 0 bridgehead atoms. The van der Waals surface area contributed by atoms with Gasteiger partial charge in [-0.25, -0.2) is 4.68 Å². The van der Waals surface area contributed by atoms with Crippen LogP contribution in [0.2, 0.25) is 0 Å². The Morgan fingerprint density at radius 3 is 2.43 bits per heavy atom. The summed E-state index contributed by atoms with van der Waals surface area (Å²) in [6, 6.07) is 5.28. The van der Waals surface area contributed by atoms with Crippen LogP contribution in [0.1, 0.15) is 22.9 Å². The smallest absolute Gasteiger partial charge is 0.217 e. The molecular weight excluding hydrogens is 272 g/mol.